The van der Waals surface area contributed by atoms with Gasteiger partial charge >= 0.3 is 0 Å². The van der Waals surface area contributed by atoms with E-state index in [9.17, 15) is 13.2 Å². The molecule has 1 aromatic rings. The van der Waals surface area contributed by atoms with Crippen molar-refractivity contribution in [1.29, 1.82) is 0 Å². The number of benzene rings is 1. The molecule has 0 bridgehead atoms. The summed E-state index contributed by atoms with van der Waals surface area (Å²) in [6.07, 6.45) is 5.07. The average Bonchev–Trinajstić information content (AvgIpc) is 2.68. The minimum Gasteiger partial charge on any atom is -0.349 e. The molecular weight excluding hydrogens is 310 g/mol. The van der Waals surface area contributed by atoms with Crippen LogP contribution >= 0.6 is 11.6 Å². The van der Waals surface area contributed by atoms with Crippen LogP contribution in [0.25, 0.3) is 5.03 Å². The van der Waals surface area contributed by atoms with E-state index in [1.807, 2.05) is 0 Å². The largest absolute Gasteiger partial charge is 0.349 e. The highest BCUT2D eigenvalue weighted by Crippen LogP contribution is 2.41. The highest BCUT2D eigenvalue weighted by Gasteiger charge is 2.39. The van der Waals surface area contributed by atoms with Crippen LogP contribution in [0.1, 0.15) is 37.7 Å². The summed E-state index contributed by atoms with van der Waals surface area (Å²) in [5.74, 6) is -0.580. The Kier molecular flexibility index (Phi) is 3.80. The fourth-order valence-corrected chi connectivity index (χ4v) is 5.15. The molecular formula is C15H16ClNO3S. The highest BCUT2D eigenvalue weighted by molar-refractivity contribution is 7.97. The van der Waals surface area contributed by atoms with E-state index >= 15 is 0 Å². The maximum Gasteiger partial charge on any atom is 0.264 e. The number of amides is 1. The Labute approximate surface area is 129 Å². The van der Waals surface area contributed by atoms with Crippen LogP contribution in [0.15, 0.2) is 34.1 Å². The van der Waals surface area contributed by atoms with Crippen molar-refractivity contribution in [3.05, 3.63) is 34.7 Å². The molecule has 112 valence electrons. The minimum absolute atomic E-state index is 0.0268. The monoisotopic (exact) mass is 325 g/mol. The van der Waals surface area contributed by atoms with Crippen molar-refractivity contribution in [3.63, 3.8) is 0 Å². The SMILES string of the molecule is O=C(NC1CCCCC1)C1=C(Cl)c2ccccc2S1(=O)=O. The Hall–Kier alpha value is -1.33. The Morgan fingerprint density at radius 2 is 1.81 bits per heavy atom. The standard InChI is InChI=1S/C15H16ClNO3S/c16-13-11-8-4-5-9-12(11)21(19,20)14(13)15(18)17-10-6-2-1-3-7-10/h4-5,8-10H,1-3,6-7H2,(H,17,18). The fourth-order valence-electron chi connectivity index (χ4n) is 2.95. The van der Waals surface area contributed by atoms with Gasteiger partial charge in [-0.05, 0) is 18.9 Å². The molecule has 4 nitrogen and oxygen atoms in total. The van der Waals surface area contributed by atoms with Crippen LogP contribution in [0.4, 0.5) is 0 Å². The second-order valence-electron chi connectivity index (χ2n) is 5.45. The topological polar surface area (TPSA) is 63.2 Å². The Bertz CT molecular complexity index is 718. The molecule has 1 heterocycles. The van der Waals surface area contributed by atoms with Crippen LogP contribution in [0.2, 0.25) is 0 Å². The molecule has 1 N–H and O–H groups in total. The molecule has 1 aromatic carbocycles. The van der Waals surface area contributed by atoms with E-state index < -0.39 is 15.7 Å². The molecule has 0 atom stereocenters. The Balaban J connectivity index is 1.92. The van der Waals surface area contributed by atoms with Crippen LogP contribution in [0.3, 0.4) is 0 Å². The lowest BCUT2D eigenvalue weighted by atomic mass is 9.95. The summed E-state index contributed by atoms with van der Waals surface area (Å²) in [6, 6.07) is 6.48. The van der Waals surface area contributed by atoms with Crippen LogP contribution < -0.4 is 5.32 Å². The summed E-state index contributed by atoms with van der Waals surface area (Å²) >= 11 is 6.15. The van der Waals surface area contributed by atoms with E-state index in [0.29, 0.717) is 5.56 Å². The van der Waals surface area contributed by atoms with E-state index in [0.717, 1.165) is 25.7 Å². The Morgan fingerprint density at radius 1 is 1.14 bits per heavy atom. The molecule has 2 aliphatic rings. The van der Waals surface area contributed by atoms with Gasteiger partial charge in [0.2, 0.25) is 9.84 Å². The van der Waals surface area contributed by atoms with Crippen molar-refractivity contribution in [1.82, 2.24) is 5.32 Å². The van der Waals surface area contributed by atoms with E-state index in [1.54, 1.807) is 18.2 Å². The zero-order valence-corrected chi connectivity index (χ0v) is 13.0. The number of nitrogens with one attached hydrogen (secondary N) is 1. The van der Waals surface area contributed by atoms with Gasteiger partial charge < -0.3 is 5.32 Å². The first kappa shape index (κ1) is 14.6. The molecule has 0 spiro atoms. The normalized spacial score (nSPS) is 21.2. The van der Waals surface area contributed by atoms with E-state index in [2.05, 4.69) is 5.32 Å². The molecule has 0 radical (unpaired) electrons. The van der Waals surface area contributed by atoms with Crippen LogP contribution in [-0.4, -0.2) is 20.4 Å². The molecule has 1 amide bonds. The van der Waals surface area contributed by atoms with Crippen molar-refractivity contribution >= 4 is 32.4 Å². The molecule has 21 heavy (non-hydrogen) atoms. The summed E-state index contributed by atoms with van der Waals surface area (Å²) in [4.78, 5) is 12.2. The number of rotatable bonds is 2. The lowest BCUT2D eigenvalue weighted by Gasteiger charge is -2.22. The lowest BCUT2D eigenvalue weighted by Crippen LogP contribution is -2.38. The van der Waals surface area contributed by atoms with Crippen molar-refractivity contribution in [3.8, 4) is 0 Å². The molecule has 0 saturated heterocycles. The molecule has 0 unspecified atom stereocenters. The minimum atomic E-state index is -3.81. The summed E-state index contributed by atoms with van der Waals surface area (Å²) in [6.45, 7) is 0. The lowest BCUT2D eigenvalue weighted by molar-refractivity contribution is -0.117. The van der Waals surface area contributed by atoms with Gasteiger partial charge in [-0.25, -0.2) is 8.42 Å². The van der Waals surface area contributed by atoms with E-state index in [1.165, 1.54) is 12.5 Å². The van der Waals surface area contributed by atoms with Gasteiger partial charge in [0.05, 0.1) is 9.93 Å². The summed E-state index contributed by atoms with van der Waals surface area (Å²) < 4.78 is 24.9. The molecule has 3 rings (SSSR count). The van der Waals surface area contributed by atoms with Crippen molar-refractivity contribution in [2.75, 3.05) is 0 Å². The quantitative estimate of drug-likeness (QED) is 0.909. The molecule has 1 fully saturated rings. The zero-order valence-electron chi connectivity index (χ0n) is 11.4. The third kappa shape index (κ3) is 2.49. The summed E-state index contributed by atoms with van der Waals surface area (Å²) in [7, 11) is -3.81. The second-order valence-corrected chi connectivity index (χ2v) is 7.68. The maximum absolute atomic E-state index is 12.5. The number of carbonyl (C=O) groups is 1. The van der Waals surface area contributed by atoms with Crippen LogP contribution in [0, 0.1) is 0 Å². The fraction of sp³-hybridized carbons (Fsp3) is 0.400. The van der Waals surface area contributed by atoms with Gasteiger partial charge in [-0.3, -0.25) is 4.79 Å². The van der Waals surface area contributed by atoms with Gasteiger partial charge in [-0.15, -0.1) is 0 Å². The number of halogens is 1. The van der Waals surface area contributed by atoms with Gasteiger partial charge in [-0.1, -0.05) is 49.1 Å². The van der Waals surface area contributed by atoms with Crippen molar-refractivity contribution < 1.29 is 13.2 Å². The van der Waals surface area contributed by atoms with Crippen molar-refractivity contribution in [2.24, 2.45) is 0 Å². The number of hydrogen-bond acceptors (Lipinski definition) is 3. The Morgan fingerprint density at radius 3 is 2.48 bits per heavy atom. The average molecular weight is 326 g/mol. The van der Waals surface area contributed by atoms with Crippen LogP contribution in [-0.2, 0) is 14.6 Å². The smallest absolute Gasteiger partial charge is 0.264 e. The number of sulfone groups is 1. The summed E-state index contributed by atoms with van der Waals surface area (Å²) in [5, 5.41) is 2.85. The van der Waals surface area contributed by atoms with E-state index in [4.69, 9.17) is 11.6 Å². The third-order valence-electron chi connectivity index (χ3n) is 4.03. The number of hydrogen-bond donors (Lipinski definition) is 1. The third-order valence-corrected chi connectivity index (χ3v) is 6.39. The van der Waals surface area contributed by atoms with Gasteiger partial charge in [0, 0.05) is 11.6 Å². The zero-order chi connectivity index (χ0) is 15.0. The maximum atomic E-state index is 12.5. The van der Waals surface area contributed by atoms with Crippen LogP contribution in [0.5, 0.6) is 0 Å². The predicted octanol–water partition coefficient (Wildman–Crippen LogP) is 2.83. The first-order valence-corrected chi connectivity index (χ1v) is 8.93. The molecule has 6 heteroatoms. The second kappa shape index (κ2) is 5.46. The van der Waals surface area contributed by atoms with Gasteiger partial charge in [0.25, 0.3) is 5.91 Å². The summed E-state index contributed by atoms with van der Waals surface area (Å²) in [5.41, 5.74) is 0.410. The van der Waals surface area contributed by atoms with E-state index in [-0.39, 0.29) is 20.9 Å². The highest BCUT2D eigenvalue weighted by atomic mass is 35.5. The molecule has 1 aliphatic heterocycles. The van der Waals surface area contributed by atoms with Gasteiger partial charge in [0.15, 0.2) is 4.91 Å². The number of fused-ring (bicyclic) bond motifs is 1. The predicted molar refractivity (Wildman–Crippen MR) is 81.4 cm³/mol. The molecule has 0 aromatic heterocycles. The molecule has 1 saturated carbocycles. The first-order valence-electron chi connectivity index (χ1n) is 7.07. The first-order chi connectivity index (χ1) is 10.0. The number of carbonyl (C=O) groups excluding carboxylic acids is 1. The molecule has 1 aliphatic carbocycles. The van der Waals surface area contributed by atoms with Gasteiger partial charge in [-0.2, -0.15) is 0 Å². The van der Waals surface area contributed by atoms with Crippen molar-refractivity contribution in [2.45, 2.75) is 43.0 Å². The van der Waals surface area contributed by atoms with Gasteiger partial charge in [0.1, 0.15) is 0 Å².